The van der Waals surface area contributed by atoms with Crippen LogP contribution in [0.15, 0.2) is 35.5 Å². The molecule has 1 N–H and O–H groups in total. The van der Waals surface area contributed by atoms with Crippen LogP contribution in [0.4, 0.5) is 5.69 Å². The summed E-state index contributed by atoms with van der Waals surface area (Å²) in [5, 5.41) is 29.1. The van der Waals surface area contributed by atoms with Crippen LogP contribution in [-0.4, -0.2) is 13.1 Å². The van der Waals surface area contributed by atoms with E-state index in [2.05, 4.69) is 10.1 Å². The summed E-state index contributed by atoms with van der Waals surface area (Å²) < 4.78 is 4.56. The highest BCUT2D eigenvalue weighted by atomic mass is 16.5. The molecule has 6 nitrogen and oxygen atoms in total. The van der Waals surface area contributed by atoms with Crippen LogP contribution >= 0.6 is 0 Å². The molecule has 0 saturated heterocycles. The highest BCUT2D eigenvalue weighted by Gasteiger charge is 2.07. The van der Waals surface area contributed by atoms with E-state index < -0.39 is 0 Å². The number of hydrogen-bond acceptors (Lipinski definition) is 6. The zero-order valence-corrected chi connectivity index (χ0v) is 10.7. The third kappa shape index (κ3) is 3.87. The Hall–Kier alpha value is -3.30. The summed E-state index contributed by atoms with van der Waals surface area (Å²) in [6.07, 6.45) is 0.0982. The van der Waals surface area contributed by atoms with Crippen molar-refractivity contribution in [1.82, 2.24) is 0 Å². The number of nitriles is 3. The summed E-state index contributed by atoms with van der Waals surface area (Å²) >= 11 is 0. The Labute approximate surface area is 116 Å². The van der Waals surface area contributed by atoms with Gasteiger partial charge in [-0.1, -0.05) is 12.1 Å². The van der Waals surface area contributed by atoms with E-state index in [9.17, 15) is 4.79 Å². The number of methoxy groups -OCH3 is 1. The molecule has 0 heterocycles. The van der Waals surface area contributed by atoms with Crippen molar-refractivity contribution in [3.05, 3.63) is 41.1 Å². The Kier molecular flexibility index (Phi) is 5.32. The van der Waals surface area contributed by atoms with Gasteiger partial charge in [-0.25, -0.2) is 0 Å². The molecule has 0 aromatic heterocycles. The van der Waals surface area contributed by atoms with Crippen LogP contribution in [0.25, 0.3) is 0 Å². The van der Waals surface area contributed by atoms with Crippen LogP contribution in [0, 0.1) is 34.0 Å². The number of carbonyl (C=O) groups excluding carboxylic acids is 1. The van der Waals surface area contributed by atoms with Crippen molar-refractivity contribution in [1.29, 1.82) is 15.8 Å². The summed E-state index contributed by atoms with van der Waals surface area (Å²) in [6.45, 7) is 0. The fourth-order valence-electron chi connectivity index (χ4n) is 1.43. The van der Waals surface area contributed by atoms with Gasteiger partial charge in [0.05, 0.1) is 13.5 Å². The maximum absolute atomic E-state index is 11.2. The van der Waals surface area contributed by atoms with Crippen molar-refractivity contribution >= 4 is 11.7 Å². The number of anilines is 1. The maximum Gasteiger partial charge on any atom is 0.309 e. The van der Waals surface area contributed by atoms with E-state index in [-0.39, 0.29) is 23.7 Å². The Morgan fingerprint density at radius 2 is 1.95 bits per heavy atom. The first-order chi connectivity index (χ1) is 9.64. The van der Waals surface area contributed by atoms with Gasteiger partial charge in [0, 0.05) is 5.69 Å². The van der Waals surface area contributed by atoms with Crippen molar-refractivity contribution in [3.8, 4) is 18.2 Å². The van der Waals surface area contributed by atoms with Gasteiger partial charge in [-0.05, 0) is 17.7 Å². The molecule has 6 heteroatoms. The van der Waals surface area contributed by atoms with Crippen LogP contribution in [0.2, 0.25) is 0 Å². The molecule has 1 rings (SSSR count). The number of hydrogen-bond donors (Lipinski definition) is 1. The SMILES string of the molecule is COC(=O)Cc1cccc(NC(C#N)=C(C#N)C#N)c1. The number of ether oxygens (including phenoxy) is 1. The van der Waals surface area contributed by atoms with Gasteiger partial charge in [0.15, 0.2) is 5.57 Å². The topological polar surface area (TPSA) is 110 Å². The van der Waals surface area contributed by atoms with Crippen LogP contribution in [0.5, 0.6) is 0 Å². The molecule has 1 aromatic carbocycles. The molecule has 0 aliphatic carbocycles. The predicted molar refractivity (Wildman–Crippen MR) is 69.6 cm³/mol. The van der Waals surface area contributed by atoms with E-state index in [1.807, 2.05) is 0 Å². The normalized spacial score (nSPS) is 8.50. The average Bonchev–Trinajstić information content (AvgIpc) is 2.47. The lowest BCUT2D eigenvalue weighted by Gasteiger charge is -2.06. The van der Waals surface area contributed by atoms with Crippen molar-refractivity contribution < 1.29 is 9.53 Å². The third-order valence-corrected chi connectivity index (χ3v) is 2.36. The fraction of sp³-hybridized carbons (Fsp3) is 0.143. The second-order valence-corrected chi connectivity index (χ2v) is 3.66. The minimum Gasteiger partial charge on any atom is -0.469 e. The van der Waals surface area contributed by atoms with E-state index in [0.29, 0.717) is 11.3 Å². The van der Waals surface area contributed by atoms with Crippen molar-refractivity contribution in [2.75, 3.05) is 12.4 Å². The molecule has 0 aliphatic rings. The highest BCUT2D eigenvalue weighted by molar-refractivity contribution is 5.73. The van der Waals surface area contributed by atoms with Gasteiger partial charge in [-0.2, -0.15) is 15.8 Å². The average molecular weight is 266 g/mol. The number of rotatable bonds is 4. The lowest BCUT2D eigenvalue weighted by atomic mass is 10.1. The van der Waals surface area contributed by atoms with Gasteiger partial charge in [0.2, 0.25) is 0 Å². The van der Waals surface area contributed by atoms with E-state index in [0.717, 1.165) is 0 Å². The van der Waals surface area contributed by atoms with Crippen LogP contribution in [-0.2, 0) is 16.0 Å². The molecule has 0 fully saturated rings. The molecule has 0 amide bonds. The molecule has 0 aliphatic heterocycles. The van der Waals surface area contributed by atoms with Crippen LogP contribution in [0.3, 0.4) is 0 Å². The second kappa shape index (κ2) is 7.20. The van der Waals surface area contributed by atoms with Crippen molar-refractivity contribution in [2.24, 2.45) is 0 Å². The Balaban J connectivity index is 3.00. The summed E-state index contributed by atoms with van der Waals surface area (Å²) in [5.41, 5.74) is 0.761. The molecule has 0 spiro atoms. The summed E-state index contributed by atoms with van der Waals surface area (Å²) in [4.78, 5) is 11.2. The van der Waals surface area contributed by atoms with Gasteiger partial charge < -0.3 is 10.1 Å². The summed E-state index contributed by atoms with van der Waals surface area (Å²) in [7, 11) is 1.30. The molecular weight excluding hydrogens is 256 g/mol. The third-order valence-electron chi connectivity index (χ3n) is 2.36. The standard InChI is InChI=1S/C14H10N4O2/c1-20-14(19)6-10-3-2-4-12(5-10)18-13(9-17)11(7-15)8-16/h2-5,18H,6H2,1H3. The molecule has 20 heavy (non-hydrogen) atoms. The number of carbonyl (C=O) groups is 1. The number of nitrogens with one attached hydrogen (secondary N) is 1. The van der Waals surface area contributed by atoms with Gasteiger partial charge in [0.25, 0.3) is 0 Å². The van der Waals surface area contributed by atoms with Crippen LogP contribution in [0.1, 0.15) is 5.56 Å². The van der Waals surface area contributed by atoms with Crippen molar-refractivity contribution in [3.63, 3.8) is 0 Å². The summed E-state index contributed by atoms with van der Waals surface area (Å²) in [5.74, 6) is -0.382. The first-order valence-corrected chi connectivity index (χ1v) is 5.52. The molecule has 0 atom stereocenters. The zero-order valence-electron chi connectivity index (χ0n) is 10.7. The Morgan fingerprint density at radius 3 is 2.50 bits per heavy atom. The lowest BCUT2D eigenvalue weighted by molar-refractivity contribution is -0.139. The quantitative estimate of drug-likeness (QED) is 0.655. The van der Waals surface area contributed by atoms with Gasteiger partial charge >= 0.3 is 5.97 Å². The Bertz CT molecular complexity index is 656. The van der Waals surface area contributed by atoms with Gasteiger partial charge in [-0.15, -0.1) is 0 Å². The number of allylic oxidation sites excluding steroid dienone is 2. The van der Waals surface area contributed by atoms with Gasteiger partial charge in [0.1, 0.15) is 23.9 Å². The molecule has 0 unspecified atom stereocenters. The monoisotopic (exact) mass is 266 g/mol. The smallest absolute Gasteiger partial charge is 0.309 e. The molecular formula is C14H10N4O2. The van der Waals surface area contributed by atoms with E-state index in [4.69, 9.17) is 15.8 Å². The van der Waals surface area contributed by atoms with E-state index in [1.54, 1.807) is 42.5 Å². The second-order valence-electron chi connectivity index (χ2n) is 3.66. The lowest BCUT2D eigenvalue weighted by Crippen LogP contribution is -2.05. The highest BCUT2D eigenvalue weighted by Crippen LogP contribution is 2.15. The largest absolute Gasteiger partial charge is 0.469 e. The maximum atomic E-state index is 11.2. The van der Waals surface area contributed by atoms with Crippen LogP contribution < -0.4 is 5.32 Å². The first kappa shape index (κ1) is 14.8. The van der Waals surface area contributed by atoms with E-state index in [1.165, 1.54) is 7.11 Å². The minimum absolute atomic E-state index is 0.0982. The molecule has 1 aromatic rings. The van der Waals surface area contributed by atoms with Crippen molar-refractivity contribution in [2.45, 2.75) is 6.42 Å². The first-order valence-electron chi connectivity index (χ1n) is 5.52. The van der Waals surface area contributed by atoms with E-state index >= 15 is 0 Å². The van der Waals surface area contributed by atoms with Gasteiger partial charge in [-0.3, -0.25) is 4.79 Å². The molecule has 0 saturated carbocycles. The minimum atomic E-state index is -0.382. The number of nitrogens with zero attached hydrogens (tertiary/aromatic N) is 3. The zero-order chi connectivity index (χ0) is 15.0. The molecule has 98 valence electrons. The predicted octanol–water partition coefficient (Wildman–Crippen LogP) is 1.64. The molecule has 0 radical (unpaired) electrons. The number of benzene rings is 1. The fourth-order valence-corrected chi connectivity index (χ4v) is 1.43. The summed E-state index contributed by atoms with van der Waals surface area (Å²) in [6, 6.07) is 11.7. The number of esters is 1. The Morgan fingerprint density at radius 1 is 1.25 bits per heavy atom. The molecule has 0 bridgehead atoms.